The number of alkyl halides is 2. The third-order valence-corrected chi connectivity index (χ3v) is 5.59. The predicted octanol–water partition coefficient (Wildman–Crippen LogP) is 1.54. The first-order valence-electron chi connectivity index (χ1n) is 8.24. The Morgan fingerprint density at radius 2 is 1.92 bits per heavy atom. The van der Waals surface area contributed by atoms with Crippen molar-refractivity contribution < 1.29 is 18.4 Å². The number of carbonyl (C=O) groups excluding carboxylic acids is 2. The first-order chi connectivity index (χ1) is 11.4. The fourth-order valence-electron chi connectivity index (χ4n) is 4.12. The van der Waals surface area contributed by atoms with Crippen LogP contribution in [0.1, 0.15) is 31.2 Å². The summed E-state index contributed by atoms with van der Waals surface area (Å²) in [5, 5.41) is 8.23. The molecule has 1 saturated carbocycles. The van der Waals surface area contributed by atoms with Crippen molar-refractivity contribution in [3.63, 3.8) is 0 Å². The average Bonchev–Trinajstić information content (AvgIpc) is 2.58. The Bertz CT molecular complexity index is 688. The minimum atomic E-state index is -2.72. The van der Waals surface area contributed by atoms with Gasteiger partial charge in [-0.3, -0.25) is 14.9 Å². The van der Waals surface area contributed by atoms with E-state index in [1.54, 1.807) is 24.3 Å². The molecule has 3 atom stereocenters. The van der Waals surface area contributed by atoms with Gasteiger partial charge in [-0.1, -0.05) is 12.1 Å². The van der Waals surface area contributed by atoms with Crippen LogP contribution >= 0.6 is 0 Å². The average molecular weight is 335 g/mol. The van der Waals surface area contributed by atoms with Crippen LogP contribution in [0.3, 0.4) is 0 Å². The van der Waals surface area contributed by atoms with Crippen LogP contribution in [0, 0.1) is 0 Å². The molecule has 0 aromatic heterocycles. The van der Waals surface area contributed by atoms with Gasteiger partial charge in [-0.15, -0.1) is 0 Å². The zero-order chi connectivity index (χ0) is 16.9. The van der Waals surface area contributed by atoms with Crippen molar-refractivity contribution in [3.05, 3.63) is 29.8 Å². The van der Waals surface area contributed by atoms with Gasteiger partial charge in [-0.2, -0.15) is 0 Å². The van der Waals surface area contributed by atoms with E-state index in [1.807, 2.05) is 0 Å². The summed E-state index contributed by atoms with van der Waals surface area (Å²) < 4.78 is 28.8. The first-order valence-corrected chi connectivity index (χ1v) is 8.24. The van der Waals surface area contributed by atoms with Crippen molar-refractivity contribution in [2.24, 2.45) is 0 Å². The molecule has 1 aliphatic carbocycles. The van der Waals surface area contributed by atoms with Crippen molar-refractivity contribution in [1.82, 2.24) is 10.6 Å². The van der Waals surface area contributed by atoms with Crippen molar-refractivity contribution in [2.45, 2.75) is 49.1 Å². The second kappa shape index (κ2) is 5.24. The summed E-state index contributed by atoms with van der Waals surface area (Å²) in [7, 11) is 0. The van der Waals surface area contributed by atoms with E-state index < -0.39 is 23.4 Å². The predicted molar refractivity (Wildman–Crippen MR) is 83.9 cm³/mol. The van der Waals surface area contributed by atoms with Gasteiger partial charge in [0.05, 0.1) is 11.5 Å². The molecule has 1 aromatic rings. The zero-order valence-electron chi connectivity index (χ0n) is 13.1. The number of hydrogen-bond donors (Lipinski definition) is 3. The van der Waals surface area contributed by atoms with Crippen LogP contribution in [0.15, 0.2) is 24.3 Å². The first kappa shape index (κ1) is 15.5. The highest BCUT2D eigenvalue weighted by molar-refractivity contribution is 6.01. The maximum atomic E-state index is 14.4. The number of halogens is 2. The fraction of sp³-hybridized carbons (Fsp3) is 0.529. The van der Waals surface area contributed by atoms with Gasteiger partial charge in [-0.05, 0) is 43.5 Å². The molecule has 7 heteroatoms. The third kappa shape index (κ3) is 2.14. The van der Waals surface area contributed by atoms with Gasteiger partial charge in [0.25, 0.3) is 5.92 Å². The molecule has 5 nitrogen and oxygen atoms in total. The number of amides is 2. The summed E-state index contributed by atoms with van der Waals surface area (Å²) >= 11 is 0. The van der Waals surface area contributed by atoms with E-state index in [0.29, 0.717) is 43.5 Å². The SMILES string of the molecule is O=C1CC[C@H](Nc2ccc([C@@]34CCN[C@@H](C3)C4(F)F)cc2)C(=O)N1. The van der Waals surface area contributed by atoms with Gasteiger partial charge in [-0.25, -0.2) is 8.78 Å². The monoisotopic (exact) mass is 335 g/mol. The molecule has 2 bridgehead atoms. The lowest BCUT2D eigenvalue weighted by Crippen LogP contribution is -2.74. The summed E-state index contributed by atoms with van der Waals surface area (Å²) in [5.74, 6) is -3.33. The molecule has 128 valence electrons. The summed E-state index contributed by atoms with van der Waals surface area (Å²) in [4.78, 5) is 22.9. The van der Waals surface area contributed by atoms with E-state index in [-0.39, 0.29) is 11.8 Å². The second-order valence-corrected chi connectivity index (χ2v) is 6.89. The lowest BCUT2D eigenvalue weighted by Gasteiger charge is -2.59. The Balaban J connectivity index is 1.49. The number of anilines is 1. The third-order valence-electron chi connectivity index (χ3n) is 5.59. The molecule has 0 unspecified atom stereocenters. The number of benzene rings is 1. The van der Waals surface area contributed by atoms with Gasteiger partial charge < -0.3 is 10.6 Å². The van der Waals surface area contributed by atoms with E-state index in [9.17, 15) is 18.4 Å². The molecule has 3 saturated heterocycles. The maximum absolute atomic E-state index is 14.4. The van der Waals surface area contributed by atoms with Crippen molar-refractivity contribution in [1.29, 1.82) is 0 Å². The molecular formula is C17H19F2N3O2. The molecule has 1 aromatic carbocycles. The van der Waals surface area contributed by atoms with E-state index >= 15 is 0 Å². The van der Waals surface area contributed by atoms with E-state index in [1.165, 1.54) is 0 Å². The number of piperidine rings is 3. The van der Waals surface area contributed by atoms with Crippen molar-refractivity contribution >= 4 is 17.5 Å². The van der Waals surface area contributed by atoms with Gasteiger partial charge in [0.15, 0.2) is 0 Å². The maximum Gasteiger partial charge on any atom is 0.272 e. The lowest BCUT2D eigenvalue weighted by molar-refractivity contribution is -0.204. The number of fused-ring (bicyclic) bond motifs is 2. The molecule has 3 N–H and O–H groups in total. The van der Waals surface area contributed by atoms with Crippen LogP contribution < -0.4 is 16.0 Å². The number of hydrogen-bond acceptors (Lipinski definition) is 4. The molecule has 24 heavy (non-hydrogen) atoms. The molecular weight excluding hydrogens is 316 g/mol. The molecule has 4 aliphatic rings. The zero-order valence-corrected chi connectivity index (χ0v) is 13.1. The Morgan fingerprint density at radius 3 is 2.54 bits per heavy atom. The lowest BCUT2D eigenvalue weighted by atomic mass is 9.54. The highest BCUT2D eigenvalue weighted by atomic mass is 19.3. The van der Waals surface area contributed by atoms with Gasteiger partial charge >= 0.3 is 0 Å². The minimum Gasteiger partial charge on any atom is -0.374 e. The number of rotatable bonds is 3. The molecule has 2 amide bonds. The smallest absolute Gasteiger partial charge is 0.272 e. The summed E-state index contributed by atoms with van der Waals surface area (Å²) in [6.45, 7) is 0.608. The van der Waals surface area contributed by atoms with Gasteiger partial charge in [0, 0.05) is 12.1 Å². The fourth-order valence-corrected chi connectivity index (χ4v) is 4.12. The van der Waals surface area contributed by atoms with Crippen molar-refractivity contribution in [3.8, 4) is 0 Å². The van der Waals surface area contributed by atoms with E-state index in [2.05, 4.69) is 16.0 Å². The Hall–Kier alpha value is -2.02. The molecule has 3 aliphatic heterocycles. The standard InChI is InChI=1S/C17H19F2N3O2/c18-17(19)13-9-16(17,7-8-20-13)10-1-3-11(4-2-10)21-12-5-6-14(23)22-15(12)24/h1-4,12-13,20-21H,5-9H2,(H,22,23,24)/t12-,13-,16+/m0/s1. The van der Waals surface area contributed by atoms with E-state index in [4.69, 9.17) is 0 Å². The van der Waals surface area contributed by atoms with Gasteiger partial charge in [0.2, 0.25) is 11.8 Å². The molecule has 3 heterocycles. The van der Waals surface area contributed by atoms with Crippen LogP contribution in [-0.4, -0.2) is 36.4 Å². The summed E-state index contributed by atoms with van der Waals surface area (Å²) in [6.07, 6.45) is 1.61. The van der Waals surface area contributed by atoms with Crippen LogP contribution in [0.5, 0.6) is 0 Å². The highest BCUT2D eigenvalue weighted by Crippen LogP contribution is 2.59. The van der Waals surface area contributed by atoms with E-state index in [0.717, 1.165) is 0 Å². The quantitative estimate of drug-likeness (QED) is 0.733. The molecule has 0 spiro atoms. The van der Waals surface area contributed by atoms with Crippen LogP contribution in [0.25, 0.3) is 0 Å². The minimum absolute atomic E-state index is 0.264. The largest absolute Gasteiger partial charge is 0.374 e. The Labute approximate surface area is 138 Å². The van der Waals surface area contributed by atoms with Crippen LogP contribution in [0.4, 0.5) is 14.5 Å². The Kier molecular flexibility index (Phi) is 3.38. The van der Waals surface area contributed by atoms with Gasteiger partial charge in [0.1, 0.15) is 6.04 Å². The number of carbonyl (C=O) groups is 2. The topological polar surface area (TPSA) is 70.2 Å². The van der Waals surface area contributed by atoms with Crippen LogP contribution in [0.2, 0.25) is 0 Å². The number of nitrogens with one attached hydrogen (secondary N) is 3. The molecule has 4 fully saturated rings. The molecule has 5 rings (SSSR count). The van der Waals surface area contributed by atoms with Crippen molar-refractivity contribution in [2.75, 3.05) is 11.9 Å². The summed E-state index contributed by atoms with van der Waals surface area (Å²) in [6, 6.07) is 5.74. The Morgan fingerprint density at radius 1 is 1.17 bits per heavy atom. The normalized spacial score (nSPS) is 34.2. The van der Waals surface area contributed by atoms with Crippen LogP contribution in [-0.2, 0) is 15.0 Å². The number of imide groups is 1. The highest BCUT2D eigenvalue weighted by Gasteiger charge is 2.70. The summed E-state index contributed by atoms with van der Waals surface area (Å²) in [5.41, 5.74) is 0.285. The second-order valence-electron chi connectivity index (χ2n) is 6.89. The molecule has 0 radical (unpaired) electrons.